The molecule has 1 aromatic carbocycles. The van der Waals surface area contributed by atoms with Crippen molar-refractivity contribution in [2.45, 2.75) is 32.2 Å². The van der Waals surface area contributed by atoms with Crippen LogP contribution in [0.2, 0.25) is 5.02 Å². The van der Waals surface area contributed by atoms with Crippen LogP contribution in [0.15, 0.2) is 18.2 Å². The van der Waals surface area contributed by atoms with E-state index in [1.165, 1.54) is 6.07 Å². The fourth-order valence-corrected chi connectivity index (χ4v) is 3.08. The van der Waals surface area contributed by atoms with E-state index in [1.807, 2.05) is 6.92 Å². The molecule has 0 spiro atoms. The summed E-state index contributed by atoms with van der Waals surface area (Å²) in [6.07, 6.45) is 1.83. The number of carbonyl (C=O) groups is 1. The predicted molar refractivity (Wildman–Crippen MR) is 88.3 cm³/mol. The largest absolute Gasteiger partial charge is 0.334 e. The van der Waals surface area contributed by atoms with Gasteiger partial charge < -0.3 is 10.2 Å². The Morgan fingerprint density at radius 3 is 3.12 bits per heavy atom. The molecule has 1 fully saturated rings. The SMILES string of the molecule is Cc1nc([C@H]2CCCN(C(=O)NCc3cccc(Cl)c3F)C2)n[nH]1. The highest BCUT2D eigenvalue weighted by atomic mass is 35.5. The first-order valence-corrected chi connectivity index (χ1v) is 8.27. The lowest BCUT2D eigenvalue weighted by molar-refractivity contribution is 0.178. The summed E-state index contributed by atoms with van der Waals surface area (Å²) in [5.74, 6) is 1.14. The van der Waals surface area contributed by atoms with Crippen LogP contribution in [0.5, 0.6) is 0 Å². The van der Waals surface area contributed by atoms with E-state index < -0.39 is 5.82 Å². The molecule has 1 aromatic heterocycles. The number of hydrogen-bond donors (Lipinski definition) is 2. The fraction of sp³-hybridized carbons (Fsp3) is 0.438. The molecular formula is C16H19ClFN5O. The Balaban J connectivity index is 1.59. The van der Waals surface area contributed by atoms with Crippen LogP contribution in [0, 0.1) is 12.7 Å². The highest BCUT2D eigenvalue weighted by Gasteiger charge is 2.27. The molecule has 0 radical (unpaired) electrons. The maximum atomic E-state index is 13.9. The monoisotopic (exact) mass is 351 g/mol. The molecule has 0 unspecified atom stereocenters. The molecule has 0 saturated carbocycles. The molecule has 2 aromatic rings. The quantitative estimate of drug-likeness (QED) is 0.892. The van der Waals surface area contributed by atoms with Crippen molar-refractivity contribution in [2.24, 2.45) is 0 Å². The van der Waals surface area contributed by atoms with Gasteiger partial charge in [0.2, 0.25) is 0 Å². The van der Waals surface area contributed by atoms with Gasteiger partial charge in [0.15, 0.2) is 5.82 Å². The van der Waals surface area contributed by atoms with Gasteiger partial charge in [-0.1, -0.05) is 23.7 Å². The lowest BCUT2D eigenvalue weighted by Gasteiger charge is -2.31. The minimum Gasteiger partial charge on any atom is -0.334 e. The zero-order chi connectivity index (χ0) is 17.1. The Labute approximate surface area is 144 Å². The average Bonchev–Trinajstić information content (AvgIpc) is 3.02. The molecule has 8 heteroatoms. The second-order valence-corrected chi connectivity index (χ2v) is 6.34. The number of nitrogens with one attached hydrogen (secondary N) is 2. The van der Waals surface area contributed by atoms with Gasteiger partial charge in [-0.25, -0.2) is 14.2 Å². The molecule has 0 aliphatic carbocycles. The summed E-state index contributed by atoms with van der Waals surface area (Å²) in [5, 5.41) is 9.83. The highest BCUT2D eigenvalue weighted by molar-refractivity contribution is 6.30. The van der Waals surface area contributed by atoms with E-state index in [-0.39, 0.29) is 23.5 Å². The summed E-state index contributed by atoms with van der Waals surface area (Å²) in [5.41, 5.74) is 0.369. The maximum absolute atomic E-state index is 13.9. The van der Waals surface area contributed by atoms with Gasteiger partial charge in [-0.2, -0.15) is 5.10 Å². The highest BCUT2D eigenvalue weighted by Crippen LogP contribution is 2.24. The standard InChI is InChI=1S/C16H19ClFN5O/c1-10-20-15(22-21-10)12-5-3-7-23(9-12)16(24)19-8-11-4-2-6-13(17)14(11)18/h2,4,6,12H,3,5,7-9H2,1H3,(H,19,24)(H,20,21,22)/t12-/m0/s1. The van der Waals surface area contributed by atoms with E-state index in [9.17, 15) is 9.18 Å². The lowest BCUT2D eigenvalue weighted by atomic mass is 9.98. The number of benzene rings is 1. The Hall–Kier alpha value is -2.15. The molecule has 2 N–H and O–H groups in total. The molecule has 3 rings (SSSR count). The third kappa shape index (κ3) is 3.67. The molecular weight excluding hydrogens is 333 g/mol. The van der Waals surface area contributed by atoms with Gasteiger partial charge in [0.05, 0.1) is 5.02 Å². The number of carbonyl (C=O) groups excluding carboxylic acids is 1. The summed E-state index contributed by atoms with van der Waals surface area (Å²) in [4.78, 5) is 18.4. The molecule has 128 valence electrons. The van der Waals surface area contributed by atoms with Gasteiger partial charge in [0.1, 0.15) is 11.6 Å². The Morgan fingerprint density at radius 1 is 1.54 bits per heavy atom. The number of H-pyrrole nitrogens is 1. The van der Waals surface area contributed by atoms with Crippen molar-refractivity contribution in [3.8, 4) is 0 Å². The average molecular weight is 352 g/mol. The van der Waals surface area contributed by atoms with Crippen LogP contribution in [0.25, 0.3) is 0 Å². The van der Waals surface area contributed by atoms with Crippen molar-refractivity contribution in [3.05, 3.63) is 46.3 Å². The molecule has 0 bridgehead atoms. The summed E-state index contributed by atoms with van der Waals surface area (Å²) in [6, 6.07) is 4.54. The van der Waals surface area contributed by atoms with Crippen molar-refractivity contribution in [1.82, 2.24) is 25.4 Å². The summed E-state index contributed by atoms with van der Waals surface area (Å²) in [7, 11) is 0. The first-order valence-electron chi connectivity index (χ1n) is 7.89. The summed E-state index contributed by atoms with van der Waals surface area (Å²) < 4.78 is 13.9. The van der Waals surface area contributed by atoms with Gasteiger partial charge >= 0.3 is 6.03 Å². The number of nitrogens with zero attached hydrogens (tertiary/aromatic N) is 3. The molecule has 1 saturated heterocycles. The third-order valence-electron chi connectivity index (χ3n) is 4.15. The minimum atomic E-state index is -0.493. The zero-order valence-electron chi connectivity index (χ0n) is 13.4. The number of halogens is 2. The van der Waals surface area contributed by atoms with E-state index >= 15 is 0 Å². The molecule has 2 heterocycles. The number of amides is 2. The van der Waals surface area contributed by atoms with E-state index in [0.717, 1.165) is 24.5 Å². The summed E-state index contributed by atoms with van der Waals surface area (Å²) >= 11 is 5.75. The van der Waals surface area contributed by atoms with E-state index in [1.54, 1.807) is 17.0 Å². The van der Waals surface area contributed by atoms with Gasteiger partial charge in [0.25, 0.3) is 0 Å². The number of likely N-dealkylation sites (tertiary alicyclic amines) is 1. The van der Waals surface area contributed by atoms with E-state index in [0.29, 0.717) is 18.7 Å². The van der Waals surface area contributed by atoms with Crippen molar-refractivity contribution in [2.75, 3.05) is 13.1 Å². The van der Waals surface area contributed by atoms with Crippen molar-refractivity contribution >= 4 is 17.6 Å². The number of piperidine rings is 1. The second kappa shape index (κ2) is 7.17. The first-order chi connectivity index (χ1) is 11.5. The topological polar surface area (TPSA) is 73.9 Å². The van der Waals surface area contributed by atoms with Crippen molar-refractivity contribution < 1.29 is 9.18 Å². The van der Waals surface area contributed by atoms with Gasteiger partial charge in [-0.3, -0.25) is 5.10 Å². The van der Waals surface area contributed by atoms with Gasteiger partial charge in [0, 0.05) is 31.1 Å². The molecule has 1 aliphatic rings. The number of urea groups is 1. The van der Waals surface area contributed by atoms with Crippen LogP contribution < -0.4 is 5.32 Å². The van der Waals surface area contributed by atoms with Gasteiger partial charge in [-0.15, -0.1) is 0 Å². The molecule has 1 atom stereocenters. The minimum absolute atomic E-state index is 0.0553. The third-order valence-corrected chi connectivity index (χ3v) is 4.44. The number of aryl methyl sites for hydroxylation is 1. The van der Waals surface area contributed by atoms with Gasteiger partial charge in [-0.05, 0) is 25.8 Å². The molecule has 1 aliphatic heterocycles. The number of aromatic amines is 1. The fourth-order valence-electron chi connectivity index (χ4n) is 2.88. The number of hydrogen-bond acceptors (Lipinski definition) is 3. The van der Waals surface area contributed by atoms with E-state index in [4.69, 9.17) is 11.6 Å². The normalized spacial score (nSPS) is 17.8. The lowest BCUT2D eigenvalue weighted by Crippen LogP contribution is -2.45. The van der Waals surface area contributed by atoms with Crippen LogP contribution >= 0.6 is 11.6 Å². The predicted octanol–water partition coefficient (Wildman–Crippen LogP) is 2.99. The van der Waals surface area contributed by atoms with Crippen LogP contribution in [0.1, 0.15) is 36.0 Å². The maximum Gasteiger partial charge on any atom is 0.317 e. The zero-order valence-corrected chi connectivity index (χ0v) is 14.1. The molecule has 24 heavy (non-hydrogen) atoms. The van der Waals surface area contributed by atoms with Crippen LogP contribution in [-0.4, -0.2) is 39.2 Å². The molecule has 2 amide bonds. The van der Waals surface area contributed by atoms with E-state index in [2.05, 4.69) is 20.5 Å². The van der Waals surface area contributed by atoms with Crippen LogP contribution in [0.4, 0.5) is 9.18 Å². The first kappa shape index (κ1) is 16.7. The number of aromatic nitrogens is 3. The Bertz CT molecular complexity index is 735. The Kier molecular flexibility index (Phi) is 4.99. The summed E-state index contributed by atoms with van der Waals surface area (Å²) in [6.45, 7) is 3.18. The molecule has 6 nitrogen and oxygen atoms in total. The van der Waals surface area contributed by atoms with Crippen molar-refractivity contribution in [1.29, 1.82) is 0 Å². The van der Waals surface area contributed by atoms with Crippen molar-refractivity contribution in [3.63, 3.8) is 0 Å². The number of rotatable bonds is 3. The smallest absolute Gasteiger partial charge is 0.317 e. The van der Waals surface area contributed by atoms with Crippen LogP contribution in [-0.2, 0) is 6.54 Å². The second-order valence-electron chi connectivity index (χ2n) is 5.94. The Morgan fingerprint density at radius 2 is 2.38 bits per heavy atom. The van der Waals surface area contributed by atoms with Crippen LogP contribution in [0.3, 0.4) is 0 Å².